The van der Waals surface area contributed by atoms with Gasteiger partial charge in [-0.25, -0.2) is 13.1 Å². The molecule has 1 aromatic heterocycles. The molecule has 1 N–H and O–H groups in total. The van der Waals surface area contributed by atoms with Gasteiger partial charge in [0.25, 0.3) is 0 Å². The van der Waals surface area contributed by atoms with Crippen molar-refractivity contribution in [3.8, 4) is 10.4 Å². The first-order valence-corrected chi connectivity index (χ1v) is 10.7. The molecule has 0 atom stereocenters. The van der Waals surface area contributed by atoms with Gasteiger partial charge < -0.3 is 0 Å². The summed E-state index contributed by atoms with van der Waals surface area (Å²) in [4.78, 5) is 1.19. The van der Waals surface area contributed by atoms with E-state index in [9.17, 15) is 8.42 Å². The molecule has 0 spiro atoms. The zero-order chi connectivity index (χ0) is 18.1. The van der Waals surface area contributed by atoms with Crippen LogP contribution in [0.2, 0.25) is 0 Å². The van der Waals surface area contributed by atoms with Crippen LogP contribution >= 0.6 is 11.3 Å². The van der Waals surface area contributed by atoms with Crippen LogP contribution in [0.5, 0.6) is 0 Å². The van der Waals surface area contributed by atoms with E-state index < -0.39 is 14.8 Å². The molecule has 132 valence electrons. The second-order valence-corrected chi connectivity index (χ2v) is 10.0. The van der Waals surface area contributed by atoms with Crippen molar-refractivity contribution in [3.05, 3.63) is 60.2 Å². The summed E-state index contributed by atoms with van der Waals surface area (Å²) in [5, 5.41) is 1.23. The standard InChI is InChI=1S/C20H23NO2S2/c1-4-13-21-25(22,23)20(2,3)17-11-9-15(10-12-17)19-14-16-7-5-6-8-18(16)24-19/h5-12,14,21H,4,13H2,1-3H3. The Bertz CT molecular complexity index is 937. The minimum absolute atomic E-state index is 0.464. The van der Waals surface area contributed by atoms with Gasteiger partial charge in [-0.2, -0.15) is 0 Å². The quantitative estimate of drug-likeness (QED) is 0.651. The van der Waals surface area contributed by atoms with E-state index in [1.807, 2.05) is 43.3 Å². The summed E-state index contributed by atoms with van der Waals surface area (Å²) in [6.45, 7) is 5.92. The molecule has 1 heterocycles. The number of rotatable bonds is 6. The molecular formula is C20H23NO2S2. The van der Waals surface area contributed by atoms with Gasteiger partial charge in [-0.05, 0) is 48.9 Å². The molecule has 0 saturated heterocycles. The first kappa shape index (κ1) is 18.1. The summed E-state index contributed by atoms with van der Waals surface area (Å²) in [5.74, 6) is 0. The van der Waals surface area contributed by atoms with E-state index in [1.54, 1.807) is 25.2 Å². The second kappa shape index (κ2) is 6.90. The average molecular weight is 374 g/mol. The third kappa shape index (κ3) is 3.50. The Kier molecular flexibility index (Phi) is 5.00. The van der Waals surface area contributed by atoms with Crippen LogP contribution in [-0.2, 0) is 14.8 Å². The molecule has 3 nitrogen and oxygen atoms in total. The topological polar surface area (TPSA) is 46.2 Å². The maximum Gasteiger partial charge on any atom is 0.221 e. The van der Waals surface area contributed by atoms with Gasteiger partial charge in [0.2, 0.25) is 10.0 Å². The Morgan fingerprint density at radius 2 is 1.72 bits per heavy atom. The van der Waals surface area contributed by atoms with E-state index in [0.29, 0.717) is 6.54 Å². The van der Waals surface area contributed by atoms with Gasteiger partial charge in [-0.1, -0.05) is 49.4 Å². The van der Waals surface area contributed by atoms with E-state index in [0.717, 1.165) is 17.5 Å². The SMILES string of the molecule is CCCNS(=O)(=O)C(C)(C)c1ccc(-c2cc3ccccc3s2)cc1. The zero-order valence-electron chi connectivity index (χ0n) is 14.7. The lowest BCUT2D eigenvalue weighted by atomic mass is 10.0. The maximum atomic E-state index is 12.6. The molecule has 0 radical (unpaired) electrons. The number of sulfonamides is 1. The molecule has 0 aliphatic rings. The Morgan fingerprint density at radius 1 is 1.04 bits per heavy atom. The molecule has 0 fully saturated rings. The monoisotopic (exact) mass is 373 g/mol. The molecule has 0 unspecified atom stereocenters. The van der Waals surface area contributed by atoms with Crippen molar-refractivity contribution in [1.29, 1.82) is 0 Å². The molecule has 5 heteroatoms. The normalized spacial score (nSPS) is 12.6. The van der Waals surface area contributed by atoms with Crippen LogP contribution in [0, 0.1) is 0 Å². The van der Waals surface area contributed by atoms with E-state index >= 15 is 0 Å². The van der Waals surface area contributed by atoms with Gasteiger partial charge in [0.1, 0.15) is 4.75 Å². The fourth-order valence-corrected chi connectivity index (χ4v) is 5.08. The highest BCUT2D eigenvalue weighted by Gasteiger charge is 2.35. The minimum Gasteiger partial charge on any atom is -0.214 e. The molecule has 2 aromatic carbocycles. The summed E-state index contributed by atoms with van der Waals surface area (Å²) >= 11 is 1.75. The summed E-state index contributed by atoms with van der Waals surface area (Å²) in [7, 11) is -3.42. The summed E-state index contributed by atoms with van der Waals surface area (Å²) in [6, 6.07) is 18.4. The molecule has 0 saturated carbocycles. The molecule has 0 aliphatic carbocycles. The number of nitrogens with one attached hydrogen (secondary N) is 1. The summed E-state index contributed by atoms with van der Waals surface area (Å²) < 4.78 is 28.1. The first-order valence-electron chi connectivity index (χ1n) is 8.44. The molecule has 0 bridgehead atoms. The van der Waals surface area contributed by atoms with Crippen molar-refractivity contribution in [2.45, 2.75) is 31.9 Å². The van der Waals surface area contributed by atoms with Gasteiger partial charge >= 0.3 is 0 Å². The highest BCUT2D eigenvalue weighted by Crippen LogP contribution is 2.35. The van der Waals surface area contributed by atoms with Crippen LogP contribution in [0.4, 0.5) is 0 Å². The predicted octanol–water partition coefficient (Wildman–Crippen LogP) is 5.13. The van der Waals surface area contributed by atoms with Gasteiger partial charge in [-0.15, -0.1) is 11.3 Å². The molecule has 0 aliphatic heterocycles. The largest absolute Gasteiger partial charge is 0.221 e. The lowest BCUT2D eigenvalue weighted by Gasteiger charge is -2.25. The van der Waals surface area contributed by atoms with Gasteiger partial charge in [-0.3, -0.25) is 0 Å². The number of fused-ring (bicyclic) bond motifs is 1. The molecule has 25 heavy (non-hydrogen) atoms. The highest BCUT2D eigenvalue weighted by atomic mass is 32.2. The fourth-order valence-electron chi connectivity index (χ4n) is 2.73. The van der Waals surface area contributed by atoms with Crippen molar-refractivity contribution >= 4 is 31.4 Å². The third-order valence-corrected chi connectivity index (χ3v) is 7.83. The molecule has 3 aromatic rings. The molecular weight excluding hydrogens is 350 g/mol. The molecule has 3 rings (SSSR count). The summed E-state index contributed by atoms with van der Waals surface area (Å²) in [6.07, 6.45) is 0.778. The van der Waals surface area contributed by atoms with Crippen LogP contribution in [0.3, 0.4) is 0 Å². The number of hydrogen-bond donors (Lipinski definition) is 1. The number of thiophene rings is 1. The van der Waals surface area contributed by atoms with Crippen molar-refractivity contribution in [1.82, 2.24) is 4.72 Å². The van der Waals surface area contributed by atoms with Gasteiger partial charge in [0.15, 0.2) is 0 Å². The lowest BCUT2D eigenvalue weighted by molar-refractivity contribution is 0.539. The second-order valence-electron chi connectivity index (χ2n) is 6.63. The average Bonchev–Trinajstić information content (AvgIpc) is 3.04. The van der Waals surface area contributed by atoms with E-state index in [2.05, 4.69) is 22.9 Å². The Hall–Kier alpha value is -1.69. The minimum atomic E-state index is -3.42. The maximum absolute atomic E-state index is 12.6. The van der Waals surface area contributed by atoms with Crippen LogP contribution in [0.1, 0.15) is 32.8 Å². The number of benzene rings is 2. The molecule has 0 amide bonds. The fraction of sp³-hybridized carbons (Fsp3) is 0.300. The Labute approximate surface area is 153 Å². The third-order valence-electron chi connectivity index (χ3n) is 4.50. The Morgan fingerprint density at radius 3 is 2.36 bits per heavy atom. The van der Waals surface area contributed by atoms with Crippen molar-refractivity contribution in [3.63, 3.8) is 0 Å². The van der Waals surface area contributed by atoms with Crippen LogP contribution in [0.25, 0.3) is 20.5 Å². The van der Waals surface area contributed by atoms with Gasteiger partial charge in [0.05, 0.1) is 0 Å². The summed E-state index contributed by atoms with van der Waals surface area (Å²) in [5.41, 5.74) is 1.90. The first-order chi connectivity index (χ1) is 11.8. The van der Waals surface area contributed by atoms with Crippen molar-refractivity contribution in [2.75, 3.05) is 6.54 Å². The lowest BCUT2D eigenvalue weighted by Crippen LogP contribution is -2.39. The number of hydrogen-bond acceptors (Lipinski definition) is 3. The van der Waals surface area contributed by atoms with Crippen molar-refractivity contribution < 1.29 is 8.42 Å². The van der Waals surface area contributed by atoms with Gasteiger partial charge in [0, 0.05) is 16.1 Å². The van der Waals surface area contributed by atoms with E-state index in [1.165, 1.54) is 15.0 Å². The predicted molar refractivity (Wildman–Crippen MR) is 108 cm³/mol. The van der Waals surface area contributed by atoms with E-state index in [-0.39, 0.29) is 0 Å². The van der Waals surface area contributed by atoms with Crippen LogP contribution < -0.4 is 4.72 Å². The Balaban J connectivity index is 1.91. The van der Waals surface area contributed by atoms with E-state index in [4.69, 9.17) is 0 Å². The zero-order valence-corrected chi connectivity index (χ0v) is 16.4. The van der Waals surface area contributed by atoms with Crippen LogP contribution in [0.15, 0.2) is 54.6 Å². The van der Waals surface area contributed by atoms with Crippen molar-refractivity contribution in [2.24, 2.45) is 0 Å². The highest BCUT2D eigenvalue weighted by molar-refractivity contribution is 7.90. The van der Waals surface area contributed by atoms with Crippen LogP contribution in [-0.4, -0.2) is 15.0 Å². The smallest absolute Gasteiger partial charge is 0.214 e.